The molecule has 146 valence electrons. The zero-order chi connectivity index (χ0) is 19.5. The van der Waals surface area contributed by atoms with Crippen LogP contribution in [0.4, 0.5) is 0 Å². The Hall–Kier alpha value is -2.38. The first kappa shape index (κ1) is 19.0. The molecule has 1 aliphatic rings. The number of nitrogens with one attached hydrogen (secondary N) is 1. The average molecular weight is 417 g/mol. The van der Waals surface area contributed by atoms with Gasteiger partial charge in [-0.15, -0.1) is 11.3 Å². The van der Waals surface area contributed by atoms with Crippen LogP contribution in [0.2, 0.25) is 5.02 Å². The third-order valence-corrected chi connectivity index (χ3v) is 6.10. The van der Waals surface area contributed by atoms with Crippen LogP contribution in [0.15, 0.2) is 46.6 Å². The summed E-state index contributed by atoms with van der Waals surface area (Å²) in [5, 5.41) is 10.1. The molecule has 2 aromatic heterocycles. The first-order valence-electron chi connectivity index (χ1n) is 9.36. The van der Waals surface area contributed by atoms with Crippen molar-refractivity contribution in [1.29, 1.82) is 0 Å². The standard InChI is InChI=1S/C20H21ClN4O2S/c21-15-9-7-14(8-10-15)19(16-5-4-12-28-16)22-18(26)13-25-20(27)24-11-3-1-2-6-17(24)23-25/h4-5,7-10,12,19H,1-3,6,11,13H2,(H,22,26). The highest BCUT2D eigenvalue weighted by atomic mass is 35.5. The van der Waals surface area contributed by atoms with E-state index < -0.39 is 0 Å². The number of hydrogen-bond donors (Lipinski definition) is 1. The maximum absolute atomic E-state index is 12.7. The fraction of sp³-hybridized carbons (Fsp3) is 0.350. The second-order valence-corrected chi connectivity index (χ2v) is 8.30. The molecule has 28 heavy (non-hydrogen) atoms. The lowest BCUT2D eigenvalue weighted by Gasteiger charge is -2.18. The van der Waals surface area contributed by atoms with Gasteiger partial charge in [0.15, 0.2) is 0 Å². The Morgan fingerprint density at radius 3 is 2.79 bits per heavy atom. The Balaban J connectivity index is 1.54. The SMILES string of the molecule is O=C(Cn1nc2n(c1=O)CCCCC2)NC(c1ccc(Cl)cc1)c1cccs1. The van der Waals surface area contributed by atoms with Crippen LogP contribution in [0.1, 0.15) is 41.6 Å². The van der Waals surface area contributed by atoms with E-state index in [-0.39, 0.29) is 24.2 Å². The summed E-state index contributed by atoms with van der Waals surface area (Å²) in [5.74, 6) is 0.534. The van der Waals surface area contributed by atoms with Gasteiger partial charge in [0, 0.05) is 22.9 Å². The van der Waals surface area contributed by atoms with Crippen molar-refractivity contribution < 1.29 is 4.79 Å². The van der Waals surface area contributed by atoms with Gasteiger partial charge in [0.25, 0.3) is 0 Å². The number of aryl methyl sites for hydroxylation is 1. The molecular weight excluding hydrogens is 396 g/mol. The Labute approximate surface area is 171 Å². The summed E-state index contributed by atoms with van der Waals surface area (Å²) in [6.07, 6.45) is 3.89. The predicted molar refractivity (Wildman–Crippen MR) is 110 cm³/mol. The van der Waals surface area contributed by atoms with Gasteiger partial charge in [-0.25, -0.2) is 9.48 Å². The van der Waals surface area contributed by atoms with Gasteiger partial charge in [0.05, 0.1) is 6.04 Å². The number of aromatic nitrogens is 3. The molecule has 1 N–H and O–H groups in total. The van der Waals surface area contributed by atoms with Crippen LogP contribution < -0.4 is 11.0 Å². The summed E-state index contributed by atoms with van der Waals surface area (Å²) in [6, 6.07) is 11.1. The van der Waals surface area contributed by atoms with Crippen molar-refractivity contribution in [2.24, 2.45) is 0 Å². The summed E-state index contributed by atoms with van der Waals surface area (Å²) < 4.78 is 2.99. The third kappa shape index (κ3) is 4.05. The van der Waals surface area contributed by atoms with Crippen LogP contribution >= 0.6 is 22.9 Å². The molecule has 4 rings (SSSR count). The smallest absolute Gasteiger partial charge is 0.343 e. The molecular formula is C20H21ClN4O2S. The Morgan fingerprint density at radius 1 is 1.21 bits per heavy atom. The quantitative estimate of drug-likeness (QED) is 0.693. The molecule has 1 amide bonds. The topological polar surface area (TPSA) is 68.9 Å². The van der Waals surface area contributed by atoms with Crippen LogP contribution in [0.25, 0.3) is 0 Å². The molecule has 0 fully saturated rings. The summed E-state index contributed by atoms with van der Waals surface area (Å²) >= 11 is 7.57. The molecule has 0 radical (unpaired) electrons. The first-order valence-corrected chi connectivity index (χ1v) is 10.6. The number of carbonyl (C=O) groups is 1. The van der Waals surface area contributed by atoms with Gasteiger partial charge in [-0.1, -0.05) is 36.2 Å². The first-order chi connectivity index (χ1) is 13.6. The number of benzene rings is 1. The molecule has 0 saturated carbocycles. The van der Waals surface area contributed by atoms with E-state index in [2.05, 4.69) is 10.4 Å². The molecule has 0 bridgehead atoms. The summed E-state index contributed by atoms with van der Waals surface area (Å²) in [7, 11) is 0. The number of amides is 1. The van der Waals surface area contributed by atoms with Gasteiger partial charge in [-0.05, 0) is 42.0 Å². The average Bonchev–Trinajstić information content (AvgIpc) is 3.24. The van der Waals surface area contributed by atoms with Gasteiger partial charge < -0.3 is 5.32 Å². The lowest BCUT2D eigenvalue weighted by Crippen LogP contribution is -2.36. The lowest BCUT2D eigenvalue weighted by atomic mass is 10.1. The van der Waals surface area contributed by atoms with E-state index in [1.807, 2.05) is 29.6 Å². The zero-order valence-electron chi connectivity index (χ0n) is 15.3. The van der Waals surface area contributed by atoms with E-state index in [1.165, 1.54) is 4.68 Å². The zero-order valence-corrected chi connectivity index (χ0v) is 16.9. The molecule has 1 unspecified atom stereocenters. The Kier molecular flexibility index (Phi) is 5.64. The van der Waals surface area contributed by atoms with Crippen molar-refractivity contribution in [3.8, 4) is 0 Å². The number of carbonyl (C=O) groups excluding carboxylic acids is 1. The molecule has 3 aromatic rings. The van der Waals surface area contributed by atoms with Gasteiger partial charge in [-0.3, -0.25) is 9.36 Å². The number of thiophene rings is 1. The van der Waals surface area contributed by atoms with E-state index in [9.17, 15) is 9.59 Å². The molecule has 1 aromatic carbocycles. The van der Waals surface area contributed by atoms with Gasteiger partial charge in [0.1, 0.15) is 12.4 Å². The van der Waals surface area contributed by atoms with E-state index >= 15 is 0 Å². The molecule has 3 heterocycles. The van der Waals surface area contributed by atoms with Gasteiger partial charge in [0.2, 0.25) is 5.91 Å². The normalized spacial score (nSPS) is 14.9. The van der Waals surface area contributed by atoms with Crippen LogP contribution in [-0.4, -0.2) is 20.3 Å². The highest BCUT2D eigenvalue weighted by Crippen LogP contribution is 2.27. The van der Waals surface area contributed by atoms with E-state index in [1.54, 1.807) is 28.0 Å². The third-order valence-electron chi connectivity index (χ3n) is 4.91. The second-order valence-electron chi connectivity index (χ2n) is 6.89. The molecule has 0 spiro atoms. The number of fused-ring (bicyclic) bond motifs is 1. The van der Waals surface area contributed by atoms with Crippen LogP contribution in [-0.2, 0) is 24.3 Å². The fourth-order valence-corrected chi connectivity index (χ4v) is 4.43. The second kappa shape index (κ2) is 8.32. The number of halogens is 1. The van der Waals surface area contributed by atoms with Crippen molar-refractivity contribution in [3.63, 3.8) is 0 Å². The van der Waals surface area contributed by atoms with Gasteiger partial charge in [-0.2, -0.15) is 5.10 Å². The fourth-order valence-electron chi connectivity index (χ4n) is 3.50. The van der Waals surface area contributed by atoms with Gasteiger partial charge >= 0.3 is 5.69 Å². The van der Waals surface area contributed by atoms with Crippen molar-refractivity contribution in [2.45, 2.75) is 44.8 Å². The van der Waals surface area contributed by atoms with Crippen LogP contribution in [0.3, 0.4) is 0 Å². The summed E-state index contributed by atoms with van der Waals surface area (Å²) in [5.41, 5.74) is 0.736. The summed E-state index contributed by atoms with van der Waals surface area (Å²) in [4.78, 5) is 26.4. The highest BCUT2D eigenvalue weighted by molar-refractivity contribution is 7.10. The van der Waals surface area contributed by atoms with Crippen molar-refractivity contribution >= 4 is 28.8 Å². The van der Waals surface area contributed by atoms with Crippen molar-refractivity contribution in [3.05, 3.63) is 73.6 Å². The molecule has 6 nitrogen and oxygen atoms in total. The molecule has 1 atom stereocenters. The molecule has 8 heteroatoms. The molecule has 0 aliphatic carbocycles. The predicted octanol–water partition coefficient (Wildman–Crippen LogP) is 3.39. The lowest BCUT2D eigenvalue weighted by molar-refractivity contribution is -0.122. The van der Waals surface area contributed by atoms with E-state index in [0.717, 1.165) is 41.9 Å². The monoisotopic (exact) mass is 416 g/mol. The molecule has 0 saturated heterocycles. The Morgan fingerprint density at radius 2 is 2.04 bits per heavy atom. The van der Waals surface area contributed by atoms with Crippen molar-refractivity contribution in [1.82, 2.24) is 19.7 Å². The largest absolute Gasteiger partial charge is 0.346 e. The molecule has 1 aliphatic heterocycles. The maximum Gasteiger partial charge on any atom is 0.346 e. The Bertz CT molecular complexity index is 1010. The number of nitrogens with zero attached hydrogens (tertiary/aromatic N) is 3. The van der Waals surface area contributed by atoms with Crippen LogP contribution in [0.5, 0.6) is 0 Å². The minimum Gasteiger partial charge on any atom is -0.343 e. The van der Waals surface area contributed by atoms with Crippen LogP contribution in [0, 0.1) is 0 Å². The van der Waals surface area contributed by atoms with E-state index in [0.29, 0.717) is 11.6 Å². The minimum absolute atomic E-state index is 0.0890. The minimum atomic E-state index is -0.291. The highest BCUT2D eigenvalue weighted by Gasteiger charge is 2.21. The number of hydrogen-bond acceptors (Lipinski definition) is 4. The van der Waals surface area contributed by atoms with Crippen molar-refractivity contribution in [2.75, 3.05) is 0 Å². The summed E-state index contributed by atoms with van der Waals surface area (Å²) in [6.45, 7) is 0.590. The van der Waals surface area contributed by atoms with E-state index in [4.69, 9.17) is 11.6 Å². The maximum atomic E-state index is 12.7. The number of rotatable bonds is 5.